The topological polar surface area (TPSA) is 30.7 Å². The average Bonchev–Trinajstić information content (AvgIpc) is 3.36. The molecule has 2 aromatic carbocycles. The first-order chi connectivity index (χ1) is 12.9. The molecule has 0 N–H and O–H groups in total. The SMILES string of the molecule is C(=Cc1ccccc1)CSc1nnc(-c2cccs2)n1-c1ccccc1. The standard InChI is InChI=1S/C21H17N3S2/c1-3-9-17(10-4-1)11-7-16-26-21-23-22-20(19-14-8-15-25-19)24(21)18-12-5-2-6-13-18/h1-15H,16H2. The van der Waals surface area contributed by atoms with Gasteiger partial charge < -0.3 is 0 Å². The van der Waals surface area contributed by atoms with Crippen LogP contribution in [0.1, 0.15) is 5.56 Å². The predicted octanol–water partition coefficient (Wildman–Crippen LogP) is 5.80. The monoisotopic (exact) mass is 375 g/mol. The first-order valence-corrected chi connectivity index (χ1v) is 10.2. The van der Waals surface area contributed by atoms with E-state index in [1.54, 1.807) is 23.1 Å². The molecule has 128 valence electrons. The summed E-state index contributed by atoms with van der Waals surface area (Å²) in [6.07, 6.45) is 4.30. The fraction of sp³-hybridized carbons (Fsp3) is 0.0476. The van der Waals surface area contributed by atoms with Crippen molar-refractivity contribution in [1.82, 2.24) is 14.8 Å². The van der Waals surface area contributed by atoms with Crippen molar-refractivity contribution in [2.75, 3.05) is 5.75 Å². The maximum atomic E-state index is 4.45. The minimum absolute atomic E-state index is 0.838. The number of para-hydroxylation sites is 1. The maximum Gasteiger partial charge on any atom is 0.196 e. The van der Waals surface area contributed by atoms with Gasteiger partial charge in [-0.15, -0.1) is 21.5 Å². The lowest BCUT2D eigenvalue weighted by molar-refractivity contribution is 0.888. The molecular weight excluding hydrogens is 358 g/mol. The van der Waals surface area contributed by atoms with Crippen LogP contribution in [0.3, 0.4) is 0 Å². The molecule has 4 rings (SSSR count). The van der Waals surface area contributed by atoms with E-state index in [2.05, 4.69) is 62.6 Å². The molecule has 0 saturated heterocycles. The summed E-state index contributed by atoms with van der Waals surface area (Å²) in [5, 5.41) is 11.9. The molecule has 0 bridgehead atoms. The van der Waals surface area contributed by atoms with E-state index in [1.165, 1.54) is 5.56 Å². The number of aromatic nitrogens is 3. The maximum absolute atomic E-state index is 4.45. The zero-order chi connectivity index (χ0) is 17.6. The quantitative estimate of drug-likeness (QED) is 0.399. The number of thiophene rings is 1. The Hall–Kier alpha value is -2.63. The molecule has 0 aliphatic carbocycles. The number of hydrogen-bond donors (Lipinski definition) is 0. The smallest absolute Gasteiger partial charge is 0.196 e. The minimum Gasteiger partial charge on any atom is -0.269 e. The Morgan fingerprint density at radius 2 is 1.65 bits per heavy atom. The first kappa shape index (κ1) is 16.8. The van der Waals surface area contributed by atoms with Crippen LogP contribution in [0.25, 0.3) is 22.5 Å². The van der Waals surface area contributed by atoms with Crippen LogP contribution >= 0.6 is 23.1 Å². The average molecular weight is 376 g/mol. The lowest BCUT2D eigenvalue weighted by Gasteiger charge is -2.08. The van der Waals surface area contributed by atoms with Gasteiger partial charge in [0.25, 0.3) is 0 Å². The van der Waals surface area contributed by atoms with Gasteiger partial charge in [0.15, 0.2) is 11.0 Å². The molecule has 0 spiro atoms. The molecule has 0 fully saturated rings. The van der Waals surface area contributed by atoms with E-state index >= 15 is 0 Å². The van der Waals surface area contributed by atoms with Crippen molar-refractivity contribution in [1.29, 1.82) is 0 Å². The van der Waals surface area contributed by atoms with Gasteiger partial charge in [-0.3, -0.25) is 4.57 Å². The van der Waals surface area contributed by atoms with Crippen LogP contribution in [0.2, 0.25) is 0 Å². The van der Waals surface area contributed by atoms with Crippen molar-refractivity contribution in [2.24, 2.45) is 0 Å². The Morgan fingerprint density at radius 1 is 0.885 bits per heavy atom. The van der Waals surface area contributed by atoms with E-state index in [1.807, 2.05) is 42.5 Å². The first-order valence-electron chi connectivity index (χ1n) is 8.31. The van der Waals surface area contributed by atoms with E-state index in [0.717, 1.165) is 27.3 Å². The minimum atomic E-state index is 0.838. The van der Waals surface area contributed by atoms with Crippen molar-refractivity contribution in [3.8, 4) is 16.4 Å². The van der Waals surface area contributed by atoms with E-state index in [9.17, 15) is 0 Å². The highest BCUT2D eigenvalue weighted by molar-refractivity contribution is 7.99. The summed E-state index contributed by atoms with van der Waals surface area (Å²) in [4.78, 5) is 1.12. The second kappa shape index (κ2) is 8.17. The van der Waals surface area contributed by atoms with Gasteiger partial charge in [-0.25, -0.2) is 0 Å². The van der Waals surface area contributed by atoms with Crippen LogP contribution in [0.15, 0.2) is 89.4 Å². The van der Waals surface area contributed by atoms with Gasteiger partial charge in [0.2, 0.25) is 0 Å². The van der Waals surface area contributed by atoms with Gasteiger partial charge in [0.05, 0.1) is 4.88 Å². The molecule has 3 nitrogen and oxygen atoms in total. The summed E-state index contributed by atoms with van der Waals surface area (Å²) in [7, 11) is 0. The van der Waals surface area contributed by atoms with Gasteiger partial charge in [-0.1, -0.05) is 78.5 Å². The van der Waals surface area contributed by atoms with E-state index in [0.29, 0.717) is 0 Å². The second-order valence-corrected chi connectivity index (χ2v) is 7.51. The molecule has 0 atom stereocenters. The van der Waals surface area contributed by atoms with Crippen molar-refractivity contribution < 1.29 is 0 Å². The summed E-state index contributed by atoms with van der Waals surface area (Å²) >= 11 is 3.36. The number of nitrogens with zero attached hydrogens (tertiary/aromatic N) is 3. The van der Waals surface area contributed by atoms with Crippen molar-refractivity contribution in [3.63, 3.8) is 0 Å². The van der Waals surface area contributed by atoms with E-state index in [4.69, 9.17) is 0 Å². The molecule has 2 heterocycles. The highest BCUT2D eigenvalue weighted by atomic mass is 32.2. The predicted molar refractivity (Wildman–Crippen MR) is 111 cm³/mol. The Morgan fingerprint density at radius 3 is 2.38 bits per heavy atom. The van der Waals surface area contributed by atoms with Crippen molar-refractivity contribution in [3.05, 3.63) is 89.8 Å². The molecule has 0 radical (unpaired) electrons. The van der Waals surface area contributed by atoms with Gasteiger partial charge in [0, 0.05) is 11.4 Å². The number of benzene rings is 2. The molecule has 26 heavy (non-hydrogen) atoms. The molecule has 0 saturated carbocycles. The van der Waals surface area contributed by atoms with E-state index < -0.39 is 0 Å². The molecule has 0 unspecified atom stereocenters. The Bertz CT molecular complexity index is 975. The van der Waals surface area contributed by atoms with Crippen LogP contribution in [-0.4, -0.2) is 20.5 Å². The third-order valence-corrected chi connectivity index (χ3v) is 5.56. The number of thioether (sulfide) groups is 1. The zero-order valence-corrected chi connectivity index (χ0v) is 15.7. The molecule has 0 aliphatic rings. The molecule has 0 aliphatic heterocycles. The van der Waals surface area contributed by atoms with Crippen LogP contribution < -0.4 is 0 Å². The zero-order valence-electron chi connectivity index (χ0n) is 14.0. The molecule has 2 aromatic heterocycles. The van der Waals surface area contributed by atoms with Crippen LogP contribution in [0.5, 0.6) is 0 Å². The molecular formula is C21H17N3S2. The number of hydrogen-bond acceptors (Lipinski definition) is 4. The highest BCUT2D eigenvalue weighted by Crippen LogP contribution is 2.30. The molecule has 5 heteroatoms. The Labute approximate surface area is 161 Å². The Balaban J connectivity index is 1.59. The highest BCUT2D eigenvalue weighted by Gasteiger charge is 2.16. The van der Waals surface area contributed by atoms with Crippen molar-refractivity contribution >= 4 is 29.2 Å². The van der Waals surface area contributed by atoms with Gasteiger partial charge >= 0.3 is 0 Å². The fourth-order valence-corrected chi connectivity index (χ4v) is 4.07. The lowest BCUT2D eigenvalue weighted by atomic mass is 10.2. The third kappa shape index (κ3) is 3.79. The molecule has 4 aromatic rings. The fourth-order valence-electron chi connectivity index (χ4n) is 2.61. The summed E-state index contributed by atoms with van der Waals surface area (Å²) in [6.45, 7) is 0. The summed E-state index contributed by atoms with van der Waals surface area (Å²) in [6, 6.07) is 24.7. The molecule has 0 amide bonds. The summed E-state index contributed by atoms with van der Waals surface area (Å²) < 4.78 is 2.13. The van der Waals surface area contributed by atoms with Gasteiger partial charge in [-0.05, 0) is 29.1 Å². The van der Waals surface area contributed by atoms with Crippen LogP contribution in [-0.2, 0) is 0 Å². The normalized spacial score (nSPS) is 11.2. The lowest BCUT2D eigenvalue weighted by Crippen LogP contribution is -1.98. The Kier molecular flexibility index (Phi) is 5.28. The second-order valence-electron chi connectivity index (χ2n) is 5.58. The number of rotatable bonds is 6. The third-order valence-electron chi connectivity index (χ3n) is 3.81. The van der Waals surface area contributed by atoms with Crippen molar-refractivity contribution in [2.45, 2.75) is 5.16 Å². The van der Waals surface area contributed by atoms with Gasteiger partial charge in [0.1, 0.15) is 0 Å². The largest absolute Gasteiger partial charge is 0.269 e. The van der Waals surface area contributed by atoms with Gasteiger partial charge in [-0.2, -0.15) is 0 Å². The van der Waals surface area contributed by atoms with E-state index in [-0.39, 0.29) is 0 Å². The summed E-state index contributed by atoms with van der Waals surface area (Å²) in [5.74, 6) is 1.73. The van der Waals surface area contributed by atoms with Crippen LogP contribution in [0.4, 0.5) is 0 Å². The van der Waals surface area contributed by atoms with Crippen LogP contribution in [0, 0.1) is 0 Å². The summed E-state index contributed by atoms with van der Waals surface area (Å²) in [5.41, 5.74) is 2.28.